The topological polar surface area (TPSA) is 55.8 Å². The van der Waals surface area contributed by atoms with Crippen molar-refractivity contribution >= 4 is 23.7 Å². The monoisotopic (exact) mass is 411 g/mol. The molecule has 2 aromatic rings. The third kappa shape index (κ3) is 2.60. The largest absolute Gasteiger partial charge is 0.468 e. The maximum absolute atomic E-state index is 13.3. The van der Waals surface area contributed by atoms with E-state index < -0.39 is 29.1 Å². The molecule has 0 aromatic heterocycles. The number of amides is 1. The molecule has 2 aliphatic carbocycles. The van der Waals surface area contributed by atoms with Crippen LogP contribution in [0.4, 0.5) is 4.79 Å². The fraction of sp³-hybridized carbons (Fsp3) is 0.391. The van der Waals surface area contributed by atoms with Gasteiger partial charge in [0, 0.05) is 0 Å². The summed E-state index contributed by atoms with van der Waals surface area (Å²) in [4.78, 5) is 27.4. The molecule has 0 bridgehead atoms. The summed E-state index contributed by atoms with van der Waals surface area (Å²) in [6.45, 7) is 0. The molecule has 5 nitrogen and oxygen atoms in total. The standard InChI is InChI=1S/C23H22ClNO4/c1-28-20(26)19(24)23(14-22(23)12-13-22)25-17(15-8-4-2-5-9-15)18(29-21(25)27)16-10-6-3-7-11-16/h2-11,17-19H,12-14H2,1H3/t17-,18+,19+,23+/m1/s1. The van der Waals surface area contributed by atoms with Gasteiger partial charge in [0.1, 0.15) is 6.04 Å². The summed E-state index contributed by atoms with van der Waals surface area (Å²) in [6, 6.07) is 19.2. The normalized spacial score (nSPS) is 30.0. The van der Waals surface area contributed by atoms with E-state index >= 15 is 0 Å². The van der Waals surface area contributed by atoms with Crippen molar-refractivity contribution in [3.05, 3.63) is 71.8 Å². The fourth-order valence-corrected chi connectivity index (χ4v) is 5.61. The maximum Gasteiger partial charge on any atom is 0.411 e. The molecule has 29 heavy (non-hydrogen) atoms. The van der Waals surface area contributed by atoms with Crippen LogP contribution >= 0.6 is 11.6 Å². The van der Waals surface area contributed by atoms with Crippen molar-refractivity contribution in [3.8, 4) is 0 Å². The van der Waals surface area contributed by atoms with Gasteiger partial charge < -0.3 is 9.47 Å². The van der Waals surface area contributed by atoms with Crippen molar-refractivity contribution in [2.24, 2.45) is 5.41 Å². The van der Waals surface area contributed by atoms with Gasteiger partial charge in [-0.25, -0.2) is 4.79 Å². The van der Waals surface area contributed by atoms with Crippen LogP contribution in [-0.4, -0.2) is 35.0 Å². The number of hydrogen-bond donors (Lipinski definition) is 0. The number of halogens is 1. The highest BCUT2D eigenvalue weighted by Crippen LogP contribution is 2.79. The van der Waals surface area contributed by atoms with Gasteiger partial charge in [-0.3, -0.25) is 9.69 Å². The zero-order valence-electron chi connectivity index (χ0n) is 16.1. The van der Waals surface area contributed by atoms with E-state index in [2.05, 4.69) is 0 Å². The van der Waals surface area contributed by atoms with Gasteiger partial charge in [-0.05, 0) is 35.8 Å². The Labute approximate surface area is 174 Å². The molecule has 3 aliphatic rings. The number of carbonyl (C=O) groups is 2. The van der Waals surface area contributed by atoms with Gasteiger partial charge in [0.15, 0.2) is 11.5 Å². The molecule has 6 heteroatoms. The number of alkyl halides is 1. The molecular formula is C23H22ClNO4. The molecule has 1 spiro atoms. The van der Waals surface area contributed by atoms with E-state index in [-0.39, 0.29) is 11.5 Å². The molecule has 5 rings (SSSR count). The lowest BCUT2D eigenvalue weighted by Crippen LogP contribution is -2.51. The van der Waals surface area contributed by atoms with E-state index in [9.17, 15) is 9.59 Å². The predicted octanol–water partition coefficient (Wildman–Crippen LogP) is 4.62. The Kier molecular flexibility index (Phi) is 4.14. The molecular weight excluding hydrogens is 390 g/mol. The van der Waals surface area contributed by atoms with E-state index in [1.807, 2.05) is 60.7 Å². The number of methoxy groups -OCH3 is 1. The molecule has 0 unspecified atom stereocenters. The van der Waals surface area contributed by atoms with Gasteiger partial charge in [0.25, 0.3) is 0 Å². The first kappa shape index (κ1) is 18.5. The molecule has 1 saturated heterocycles. The number of ether oxygens (including phenoxy) is 2. The van der Waals surface area contributed by atoms with Gasteiger partial charge in [-0.15, -0.1) is 11.6 Å². The summed E-state index contributed by atoms with van der Waals surface area (Å²) in [5.41, 5.74) is 0.999. The van der Waals surface area contributed by atoms with Crippen molar-refractivity contribution < 1.29 is 19.1 Å². The highest BCUT2D eigenvalue weighted by atomic mass is 35.5. The molecule has 1 aliphatic heterocycles. The van der Waals surface area contributed by atoms with Crippen LogP contribution in [0.3, 0.4) is 0 Å². The molecule has 0 radical (unpaired) electrons. The van der Waals surface area contributed by atoms with E-state index in [4.69, 9.17) is 21.1 Å². The fourth-order valence-electron chi connectivity index (χ4n) is 5.11. The quantitative estimate of drug-likeness (QED) is 0.532. The first-order valence-corrected chi connectivity index (χ1v) is 10.3. The Morgan fingerprint density at radius 1 is 1.10 bits per heavy atom. The lowest BCUT2D eigenvalue weighted by molar-refractivity contribution is -0.142. The average Bonchev–Trinajstić information content (AvgIpc) is 3.65. The zero-order valence-corrected chi connectivity index (χ0v) is 16.8. The molecule has 3 fully saturated rings. The molecule has 4 atom stereocenters. The van der Waals surface area contributed by atoms with Crippen molar-refractivity contribution in [3.63, 3.8) is 0 Å². The minimum atomic E-state index is -0.928. The van der Waals surface area contributed by atoms with E-state index in [0.29, 0.717) is 6.42 Å². The Morgan fingerprint density at radius 2 is 1.69 bits per heavy atom. The second kappa shape index (κ2) is 6.49. The molecule has 150 valence electrons. The van der Waals surface area contributed by atoms with Gasteiger partial charge in [0.2, 0.25) is 0 Å². The van der Waals surface area contributed by atoms with Crippen molar-refractivity contribution in [1.29, 1.82) is 0 Å². The zero-order chi connectivity index (χ0) is 20.2. The van der Waals surface area contributed by atoms with Crippen LogP contribution in [0.25, 0.3) is 0 Å². The van der Waals surface area contributed by atoms with Crippen molar-refractivity contribution in [1.82, 2.24) is 4.90 Å². The summed E-state index contributed by atoms with van der Waals surface area (Å²) in [5, 5.41) is -0.928. The van der Waals surface area contributed by atoms with E-state index in [0.717, 1.165) is 24.0 Å². The Bertz CT molecular complexity index is 946. The Hall–Kier alpha value is -2.53. The van der Waals surface area contributed by atoms with Crippen molar-refractivity contribution in [2.45, 2.75) is 42.3 Å². The molecule has 2 aromatic carbocycles. The third-order valence-electron chi connectivity index (χ3n) is 6.77. The van der Waals surface area contributed by atoms with E-state index in [1.165, 1.54) is 7.11 Å². The molecule has 1 amide bonds. The van der Waals surface area contributed by atoms with Crippen LogP contribution < -0.4 is 0 Å². The number of benzene rings is 2. The van der Waals surface area contributed by atoms with Crippen LogP contribution in [0.1, 0.15) is 42.5 Å². The summed E-state index contributed by atoms with van der Waals surface area (Å²) >= 11 is 6.68. The van der Waals surface area contributed by atoms with Gasteiger partial charge in [0.05, 0.1) is 12.6 Å². The van der Waals surface area contributed by atoms with Crippen LogP contribution in [-0.2, 0) is 14.3 Å². The first-order valence-electron chi connectivity index (χ1n) is 9.86. The van der Waals surface area contributed by atoms with Crippen LogP contribution in [0.5, 0.6) is 0 Å². The number of nitrogens with zero attached hydrogens (tertiary/aromatic N) is 1. The number of cyclic esters (lactones) is 1. The Morgan fingerprint density at radius 3 is 2.21 bits per heavy atom. The lowest BCUT2D eigenvalue weighted by atomic mass is 9.92. The summed E-state index contributed by atoms with van der Waals surface area (Å²) in [5.74, 6) is -0.502. The average molecular weight is 412 g/mol. The number of carbonyl (C=O) groups excluding carboxylic acids is 2. The van der Waals surface area contributed by atoms with Crippen LogP contribution in [0.15, 0.2) is 60.7 Å². The highest BCUT2D eigenvalue weighted by molar-refractivity contribution is 6.31. The minimum absolute atomic E-state index is 0.106. The molecule has 2 saturated carbocycles. The smallest absolute Gasteiger partial charge is 0.411 e. The molecule has 1 heterocycles. The first-order chi connectivity index (χ1) is 14.0. The summed E-state index contributed by atoms with van der Waals surface area (Å²) < 4.78 is 10.9. The minimum Gasteiger partial charge on any atom is -0.468 e. The SMILES string of the molecule is COC(=O)[C@H](Cl)[C@@]1(N2C(=O)O[C@@H](c3ccccc3)[C@H]2c2ccccc2)CC12CC2. The molecule has 0 N–H and O–H groups in total. The maximum atomic E-state index is 13.3. The van der Waals surface area contributed by atoms with Gasteiger partial charge in [-0.1, -0.05) is 60.7 Å². The third-order valence-corrected chi connectivity index (χ3v) is 7.31. The number of esters is 1. The lowest BCUT2D eigenvalue weighted by Gasteiger charge is -2.35. The summed E-state index contributed by atoms with van der Waals surface area (Å²) in [6.07, 6.45) is 1.71. The highest BCUT2D eigenvalue weighted by Gasteiger charge is 2.83. The van der Waals surface area contributed by atoms with Crippen LogP contribution in [0, 0.1) is 5.41 Å². The number of rotatable bonds is 5. The second-order valence-electron chi connectivity index (χ2n) is 8.21. The predicted molar refractivity (Wildman–Crippen MR) is 107 cm³/mol. The summed E-state index contributed by atoms with van der Waals surface area (Å²) in [7, 11) is 1.33. The van der Waals surface area contributed by atoms with Crippen molar-refractivity contribution in [2.75, 3.05) is 7.11 Å². The number of hydrogen-bond acceptors (Lipinski definition) is 4. The van der Waals surface area contributed by atoms with E-state index in [1.54, 1.807) is 4.90 Å². The second-order valence-corrected chi connectivity index (χ2v) is 8.64. The van der Waals surface area contributed by atoms with Crippen LogP contribution in [0.2, 0.25) is 0 Å². The van der Waals surface area contributed by atoms with Gasteiger partial charge in [-0.2, -0.15) is 0 Å². The Balaban J connectivity index is 1.63. The van der Waals surface area contributed by atoms with Gasteiger partial charge >= 0.3 is 12.1 Å².